The molecule has 0 atom stereocenters. The van der Waals surface area contributed by atoms with E-state index in [-0.39, 0.29) is 12.5 Å². The number of nitrogens with two attached hydrogens (primary N) is 1. The highest BCUT2D eigenvalue weighted by Crippen LogP contribution is 2.36. The van der Waals surface area contributed by atoms with Gasteiger partial charge in [-0.05, 0) is 53.5 Å². The van der Waals surface area contributed by atoms with Crippen molar-refractivity contribution in [1.29, 1.82) is 0 Å². The van der Waals surface area contributed by atoms with E-state index in [1.807, 2.05) is 19.1 Å². The molecular weight excluding hydrogens is 324 g/mol. The van der Waals surface area contributed by atoms with Gasteiger partial charge < -0.3 is 20.1 Å². The van der Waals surface area contributed by atoms with Gasteiger partial charge in [-0.15, -0.1) is 0 Å². The van der Waals surface area contributed by atoms with Crippen LogP contribution in [-0.2, 0) is 11.2 Å². The molecule has 2 N–H and O–H groups in total. The molecule has 1 aromatic carbocycles. The minimum atomic E-state index is -0.0764. The van der Waals surface area contributed by atoms with Gasteiger partial charge in [0.15, 0.2) is 18.1 Å². The van der Waals surface area contributed by atoms with Crippen LogP contribution in [0.5, 0.6) is 11.5 Å². The van der Waals surface area contributed by atoms with Gasteiger partial charge in [0.2, 0.25) is 0 Å². The molecule has 0 saturated heterocycles. The Morgan fingerprint density at radius 2 is 2.15 bits per heavy atom. The van der Waals surface area contributed by atoms with Crippen molar-refractivity contribution in [1.82, 2.24) is 4.90 Å². The lowest BCUT2D eigenvalue weighted by atomic mass is 10.1. The van der Waals surface area contributed by atoms with Gasteiger partial charge >= 0.3 is 0 Å². The zero-order valence-corrected chi connectivity index (χ0v) is 13.7. The van der Waals surface area contributed by atoms with Crippen molar-refractivity contribution < 1.29 is 14.3 Å². The zero-order chi connectivity index (χ0) is 15.1. The Bertz CT molecular complexity index is 466. The van der Waals surface area contributed by atoms with Crippen LogP contribution in [-0.4, -0.2) is 44.7 Å². The van der Waals surface area contributed by atoms with E-state index in [9.17, 15) is 4.79 Å². The molecule has 0 saturated carbocycles. The molecule has 20 heavy (non-hydrogen) atoms. The first-order chi connectivity index (χ1) is 9.53. The number of benzene rings is 1. The summed E-state index contributed by atoms with van der Waals surface area (Å²) >= 11 is 3.44. The van der Waals surface area contributed by atoms with Crippen LogP contribution >= 0.6 is 15.9 Å². The highest BCUT2D eigenvalue weighted by atomic mass is 79.9. The lowest BCUT2D eigenvalue weighted by molar-refractivity contribution is -0.131. The van der Waals surface area contributed by atoms with Gasteiger partial charge in [-0.3, -0.25) is 4.79 Å². The molecule has 0 aromatic heterocycles. The number of likely N-dealkylation sites (N-methyl/N-ethyl adjacent to an activating group) is 1. The van der Waals surface area contributed by atoms with Crippen LogP contribution in [0.3, 0.4) is 0 Å². The van der Waals surface area contributed by atoms with Crippen LogP contribution in [0.2, 0.25) is 0 Å². The molecule has 6 heteroatoms. The fourth-order valence-corrected chi connectivity index (χ4v) is 2.25. The van der Waals surface area contributed by atoms with E-state index in [2.05, 4.69) is 15.9 Å². The Morgan fingerprint density at radius 3 is 2.70 bits per heavy atom. The fraction of sp³-hybridized carbons (Fsp3) is 0.500. The monoisotopic (exact) mass is 344 g/mol. The summed E-state index contributed by atoms with van der Waals surface area (Å²) in [6.45, 7) is 3.11. The first-order valence-electron chi connectivity index (χ1n) is 6.46. The van der Waals surface area contributed by atoms with Gasteiger partial charge in [-0.25, -0.2) is 0 Å². The molecule has 1 aromatic rings. The van der Waals surface area contributed by atoms with Crippen molar-refractivity contribution in [2.24, 2.45) is 5.73 Å². The van der Waals surface area contributed by atoms with Crippen LogP contribution in [0.4, 0.5) is 0 Å². The second-order valence-electron chi connectivity index (χ2n) is 4.34. The predicted octanol–water partition coefficient (Wildman–Crippen LogP) is 1.82. The largest absolute Gasteiger partial charge is 0.493 e. The Kier molecular flexibility index (Phi) is 6.81. The first-order valence-corrected chi connectivity index (χ1v) is 7.26. The second-order valence-corrected chi connectivity index (χ2v) is 5.20. The predicted molar refractivity (Wildman–Crippen MR) is 82.3 cm³/mol. The van der Waals surface area contributed by atoms with Gasteiger partial charge in [0, 0.05) is 13.6 Å². The summed E-state index contributed by atoms with van der Waals surface area (Å²) in [7, 11) is 3.31. The van der Waals surface area contributed by atoms with Crippen LogP contribution in [0, 0.1) is 0 Å². The number of rotatable bonds is 7. The molecule has 0 radical (unpaired) electrons. The standard InChI is InChI=1S/C14H21BrN2O3/c1-4-17(2)13(18)9-20-14-11(15)7-10(5-6-16)8-12(14)19-3/h7-8H,4-6,9,16H2,1-3H3. The van der Waals surface area contributed by atoms with E-state index in [1.165, 1.54) is 0 Å². The van der Waals surface area contributed by atoms with E-state index in [0.29, 0.717) is 24.6 Å². The number of halogens is 1. The van der Waals surface area contributed by atoms with Gasteiger partial charge in [-0.1, -0.05) is 0 Å². The maximum absolute atomic E-state index is 11.8. The third-order valence-electron chi connectivity index (χ3n) is 2.96. The van der Waals surface area contributed by atoms with Gasteiger partial charge in [0.25, 0.3) is 5.91 Å². The van der Waals surface area contributed by atoms with E-state index in [4.69, 9.17) is 15.2 Å². The molecule has 0 unspecified atom stereocenters. The van der Waals surface area contributed by atoms with Crippen molar-refractivity contribution in [3.8, 4) is 11.5 Å². The van der Waals surface area contributed by atoms with E-state index in [1.54, 1.807) is 19.1 Å². The van der Waals surface area contributed by atoms with Gasteiger partial charge in [-0.2, -0.15) is 0 Å². The van der Waals surface area contributed by atoms with Crippen molar-refractivity contribution in [3.63, 3.8) is 0 Å². The Hall–Kier alpha value is -1.27. The highest BCUT2D eigenvalue weighted by molar-refractivity contribution is 9.10. The summed E-state index contributed by atoms with van der Waals surface area (Å²) in [6.07, 6.45) is 0.757. The Balaban J connectivity index is 2.86. The van der Waals surface area contributed by atoms with Gasteiger partial charge in [0.1, 0.15) is 0 Å². The molecule has 0 aliphatic heterocycles. The SMILES string of the molecule is CCN(C)C(=O)COc1c(Br)cc(CCN)cc1OC. The molecule has 5 nitrogen and oxygen atoms in total. The Labute approximate surface area is 128 Å². The van der Waals surface area contributed by atoms with Crippen molar-refractivity contribution in [3.05, 3.63) is 22.2 Å². The van der Waals surface area contributed by atoms with Crippen molar-refractivity contribution >= 4 is 21.8 Å². The van der Waals surface area contributed by atoms with Crippen LogP contribution in [0.15, 0.2) is 16.6 Å². The van der Waals surface area contributed by atoms with Crippen LogP contribution < -0.4 is 15.2 Å². The zero-order valence-electron chi connectivity index (χ0n) is 12.1. The number of carbonyl (C=O) groups excluding carboxylic acids is 1. The number of methoxy groups -OCH3 is 1. The number of nitrogens with zero attached hydrogens (tertiary/aromatic N) is 1. The number of amides is 1. The fourth-order valence-electron chi connectivity index (χ4n) is 1.64. The molecule has 0 spiro atoms. The molecule has 0 fully saturated rings. The summed E-state index contributed by atoms with van der Waals surface area (Å²) in [6, 6.07) is 3.81. The molecular formula is C14H21BrN2O3. The van der Waals surface area contributed by atoms with Crippen molar-refractivity contribution in [2.45, 2.75) is 13.3 Å². The second kappa shape index (κ2) is 8.11. The number of ether oxygens (including phenoxy) is 2. The number of hydrogen-bond donors (Lipinski definition) is 1. The molecule has 1 amide bonds. The summed E-state index contributed by atoms with van der Waals surface area (Å²) in [4.78, 5) is 13.4. The quantitative estimate of drug-likeness (QED) is 0.819. The normalized spacial score (nSPS) is 10.2. The maximum atomic E-state index is 11.8. The highest BCUT2D eigenvalue weighted by Gasteiger charge is 2.14. The summed E-state index contributed by atoms with van der Waals surface area (Å²) in [5.74, 6) is 1.05. The Morgan fingerprint density at radius 1 is 1.45 bits per heavy atom. The first kappa shape index (κ1) is 16.8. The van der Waals surface area contributed by atoms with Crippen LogP contribution in [0.1, 0.15) is 12.5 Å². The van der Waals surface area contributed by atoms with Gasteiger partial charge in [0.05, 0.1) is 11.6 Å². The molecule has 0 aliphatic rings. The summed E-state index contributed by atoms with van der Waals surface area (Å²) in [5, 5.41) is 0. The van der Waals surface area contributed by atoms with Crippen LogP contribution in [0.25, 0.3) is 0 Å². The molecule has 112 valence electrons. The van der Waals surface area contributed by atoms with E-state index >= 15 is 0 Å². The maximum Gasteiger partial charge on any atom is 0.260 e. The third-order valence-corrected chi connectivity index (χ3v) is 3.55. The van der Waals surface area contributed by atoms with E-state index < -0.39 is 0 Å². The number of hydrogen-bond acceptors (Lipinski definition) is 4. The molecule has 0 bridgehead atoms. The minimum Gasteiger partial charge on any atom is -0.493 e. The lowest BCUT2D eigenvalue weighted by Gasteiger charge is -2.17. The average molecular weight is 345 g/mol. The van der Waals surface area contributed by atoms with E-state index in [0.717, 1.165) is 16.5 Å². The summed E-state index contributed by atoms with van der Waals surface area (Å²) in [5.41, 5.74) is 6.61. The molecule has 0 heterocycles. The topological polar surface area (TPSA) is 64.8 Å². The number of carbonyl (C=O) groups is 1. The average Bonchev–Trinajstić information content (AvgIpc) is 2.44. The minimum absolute atomic E-state index is 0.0183. The smallest absolute Gasteiger partial charge is 0.260 e. The summed E-state index contributed by atoms with van der Waals surface area (Å²) < 4.78 is 11.7. The third kappa shape index (κ3) is 4.38. The molecule has 1 rings (SSSR count). The van der Waals surface area contributed by atoms with Crippen molar-refractivity contribution in [2.75, 3.05) is 33.9 Å². The lowest BCUT2D eigenvalue weighted by Crippen LogP contribution is -2.31. The molecule has 0 aliphatic carbocycles.